The Morgan fingerprint density at radius 1 is 1.09 bits per heavy atom. The largest absolute Gasteiger partial charge is 0.497 e. The SMILES string of the molecule is CCCN1CCN(S(=O)(=O)c2ccc(OC)cc2OC)CC1. The monoisotopic (exact) mass is 328 g/mol. The maximum atomic E-state index is 12.8. The minimum atomic E-state index is -3.54. The van der Waals surface area contributed by atoms with Gasteiger partial charge in [0.25, 0.3) is 0 Å². The molecule has 0 amide bonds. The third kappa shape index (κ3) is 3.53. The highest BCUT2D eigenvalue weighted by Gasteiger charge is 2.30. The number of piperazine rings is 1. The Balaban J connectivity index is 2.21. The molecule has 6 nitrogen and oxygen atoms in total. The molecule has 1 fully saturated rings. The molecule has 0 spiro atoms. The quantitative estimate of drug-likeness (QED) is 0.790. The normalized spacial score (nSPS) is 17.4. The summed E-state index contributed by atoms with van der Waals surface area (Å²) in [4.78, 5) is 2.48. The first-order valence-corrected chi connectivity index (χ1v) is 8.91. The van der Waals surface area contributed by atoms with Crippen LogP contribution in [0.3, 0.4) is 0 Å². The van der Waals surface area contributed by atoms with Crippen molar-refractivity contribution in [3.05, 3.63) is 18.2 Å². The lowest BCUT2D eigenvalue weighted by Crippen LogP contribution is -2.48. The van der Waals surface area contributed by atoms with Gasteiger partial charge in [-0.2, -0.15) is 4.31 Å². The smallest absolute Gasteiger partial charge is 0.246 e. The van der Waals surface area contributed by atoms with E-state index in [1.165, 1.54) is 18.5 Å². The lowest BCUT2D eigenvalue weighted by atomic mass is 10.3. The van der Waals surface area contributed by atoms with Crippen molar-refractivity contribution >= 4 is 10.0 Å². The number of sulfonamides is 1. The van der Waals surface area contributed by atoms with E-state index >= 15 is 0 Å². The molecule has 1 aliphatic rings. The van der Waals surface area contributed by atoms with Gasteiger partial charge in [0.2, 0.25) is 10.0 Å². The molecular formula is C15H24N2O4S. The van der Waals surface area contributed by atoms with E-state index in [0.717, 1.165) is 26.1 Å². The molecule has 2 rings (SSSR count). The van der Waals surface area contributed by atoms with Gasteiger partial charge in [0.1, 0.15) is 16.4 Å². The highest BCUT2D eigenvalue weighted by molar-refractivity contribution is 7.89. The summed E-state index contributed by atoms with van der Waals surface area (Å²) in [6.45, 7) is 5.71. The molecule has 0 radical (unpaired) electrons. The lowest BCUT2D eigenvalue weighted by molar-refractivity contribution is 0.188. The Morgan fingerprint density at radius 3 is 2.32 bits per heavy atom. The van der Waals surface area contributed by atoms with Crippen LogP contribution >= 0.6 is 0 Å². The van der Waals surface area contributed by atoms with E-state index in [2.05, 4.69) is 11.8 Å². The van der Waals surface area contributed by atoms with E-state index in [0.29, 0.717) is 24.6 Å². The molecular weight excluding hydrogens is 304 g/mol. The molecule has 0 saturated carbocycles. The van der Waals surface area contributed by atoms with Crippen LogP contribution in [-0.4, -0.2) is 64.6 Å². The second-order valence-corrected chi connectivity index (χ2v) is 7.17. The summed E-state index contributed by atoms with van der Waals surface area (Å²) in [6, 6.07) is 4.79. The molecule has 1 saturated heterocycles. The number of ether oxygens (including phenoxy) is 2. The second-order valence-electron chi connectivity index (χ2n) is 5.26. The van der Waals surface area contributed by atoms with Crippen LogP contribution in [0.25, 0.3) is 0 Å². The van der Waals surface area contributed by atoms with Crippen molar-refractivity contribution in [3.63, 3.8) is 0 Å². The van der Waals surface area contributed by atoms with Crippen LogP contribution in [0.15, 0.2) is 23.1 Å². The van der Waals surface area contributed by atoms with E-state index in [1.807, 2.05) is 0 Å². The summed E-state index contributed by atoms with van der Waals surface area (Å²) in [5, 5.41) is 0. The minimum Gasteiger partial charge on any atom is -0.497 e. The number of nitrogens with zero attached hydrogens (tertiary/aromatic N) is 2. The maximum absolute atomic E-state index is 12.8. The zero-order valence-electron chi connectivity index (χ0n) is 13.4. The fourth-order valence-corrected chi connectivity index (χ4v) is 4.20. The summed E-state index contributed by atoms with van der Waals surface area (Å²) in [7, 11) is -0.539. The molecule has 1 aliphatic heterocycles. The zero-order valence-corrected chi connectivity index (χ0v) is 14.2. The first-order valence-electron chi connectivity index (χ1n) is 7.47. The average Bonchev–Trinajstić information content (AvgIpc) is 2.55. The molecule has 1 aromatic carbocycles. The van der Waals surface area contributed by atoms with Gasteiger partial charge < -0.3 is 14.4 Å². The third-order valence-corrected chi connectivity index (χ3v) is 5.80. The Bertz CT molecular complexity index is 596. The minimum absolute atomic E-state index is 0.194. The first-order chi connectivity index (χ1) is 10.5. The molecule has 0 N–H and O–H groups in total. The molecule has 0 aromatic heterocycles. The Morgan fingerprint density at radius 2 is 1.77 bits per heavy atom. The molecule has 0 aliphatic carbocycles. The van der Waals surface area contributed by atoms with Gasteiger partial charge in [-0.1, -0.05) is 6.92 Å². The fourth-order valence-electron chi connectivity index (χ4n) is 2.64. The van der Waals surface area contributed by atoms with Gasteiger partial charge >= 0.3 is 0 Å². The maximum Gasteiger partial charge on any atom is 0.246 e. The molecule has 7 heteroatoms. The third-order valence-electron chi connectivity index (χ3n) is 3.86. The highest BCUT2D eigenvalue weighted by Crippen LogP contribution is 2.30. The van der Waals surface area contributed by atoms with Crippen LogP contribution in [0.5, 0.6) is 11.5 Å². The van der Waals surface area contributed by atoms with Gasteiger partial charge in [0, 0.05) is 32.2 Å². The zero-order chi connectivity index (χ0) is 16.2. The Labute approximate surface area is 132 Å². The standard InChI is InChI=1S/C15H24N2O4S/c1-4-7-16-8-10-17(11-9-16)22(18,19)15-6-5-13(20-2)12-14(15)21-3/h5-6,12H,4,7-11H2,1-3H3. The number of hydrogen-bond donors (Lipinski definition) is 0. The molecule has 1 heterocycles. The van der Waals surface area contributed by atoms with Gasteiger partial charge in [-0.25, -0.2) is 8.42 Å². The Hall–Kier alpha value is -1.31. The molecule has 0 unspecified atom stereocenters. The van der Waals surface area contributed by atoms with Crippen LogP contribution in [0.4, 0.5) is 0 Å². The van der Waals surface area contributed by atoms with Crippen molar-refractivity contribution in [2.45, 2.75) is 18.2 Å². The predicted molar refractivity (Wildman–Crippen MR) is 85.0 cm³/mol. The number of benzene rings is 1. The van der Waals surface area contributed by atoms with Crippen molar-refractivity contribution in [2.24, 2.45) is 0 Å². The van der Waals surface area contributed by atoms with Gasteiger partial charge in [0.05, 0.1) is 14.2 Å². The van der Waals surface area contributed by atoms with Gasteiger partial charge in [-0.05, 0) is 25.1 Å². The van der Waals surface area contributed by atoms with Crippen LogP contribution in [0.1, 0.15) is 13.3 Å². The molecule has 0 bridgehead atoms. The van der Waals surface area contributed by atoms with Gasteiger partial charge in [-0.15, -0.1) is 0 Å². The van der Waals surface area contributed by atoms with Crippen LogP contribution in [-0.2, 0) is 10.0 Å². The van der Waals surface area contributed by atoms with Crippen LogP contribution < -0.4 is 9.47 Å². The van der Waals surface area contributed by atoms with Gasteiger partial charge in [0.15, 0.2) is 0 Å². The topological polar surface area (TPSA) is 59.1 Å². The molecule has 1 aromatic rings. The number of methoxy groups -OCH3 is 2. The summed E-state index contributed by atoms with van der Waals surface area (Å²) >= 11 is 0. The van der Waals surface area contributed by atoms with Gasteiger partial charge in [-0.3, -0.25) is 0 Å². The van der Waals surface area contributed by atoms with Crippen molar-refractivity contribution < 1.29 is 17.9 Å². The molecule has 22 heavy (non-hydrogen) atoms. The van der Waals surface area contributed by atoms with E-state index in [1.54, 1.807) is 18.2 Å². The second kappa shape index (κ2) is 7.30. The van der Waals surface area contributed by atoms with Crippen molar-refractivity contribution in [1.29, 1.82) is 0 Å². The summed E-state index contributed by atoms with van der Waals surface area (Å²) in [5.41, 5.74) is 0. The molecule has 0 atom stereocenters. The van der Waals surface area contributed by atoms with Crippen LogP contribution in [0.2, 0.25) is 0 Å². The van der Waals surface area contributed by atoms with Crippen molar-refractivity contribution in [3.8, 4) is 11.5 Å². The summed E-state index contributed by atoms with van der Waals surface area (Å²) < 4.78 is 37.5. The lowest BCUT2D eigenvalue weighted by Gasteiger charge is -2.33. The molecule has 124 valence electrons. The van der Waals surface area contributed by atoms with Crippen molar-refractivity contribution in [2.75, 3.05) is 46.9 Å². The highest BCUT2D eigenvalue weighted by atomic mass is 32.2. The Kier molecular flexibility index (Phi) is 5.66. The van der Waals surface area contributed by atoms with E-state index in [-0.39, 0.29) is 4.90 Å². The van der Waals surface area contributed by atoms with Crippen molar-refractivity contribution in [1.82, 2.24) is 9.21 Å². The first kappa shape index (κ1) is 17.1. The predicted octanol–water partition coefficient (Wildman–Crippen LogP) is 1.42. The van der Waals surface area contributed by atoms with E-state index in [9.17, 15) is 8.42 Å². The van der Waals surface area contributed by atoms with Crippen LogP contribution in [0, 0.1) is 0 Å². The average molecular weight is 328 g/mol. The summed E-state index contributed by atoms with van der Waals surface area (Å²) in [6.07, 6.45) is 1.08. The van der Waals surface area contributed by atoms with E-state index < -0.39 is 10.0 Å². The number of hydrogen-bond acceptors (Lipinski definition) is 5. The number of rotatable bonds is 6. The fraction of sp³-hybridized carbons (Fsp3) is 0.600. The summed E-state index contributed by atoms with van der Waals surface area (Å²) in [5.74, 6) is 0.888. The van der Waals surface area contributed by atoms with E-state index in [4.69, 9.17) is 9.47 Å².